The Bertz CT molecular complexity index is 1330. The van der Waals surface area contributed by atoms with Crippen molar-refractivity contribution in [1.29, 1.82) is 0 Å². The van der Waals surface area contributed by atoms with E-state index in [0.717, 1.165) is 22.3 Å². The van der Waals surface area contributed by atoms with Crippen molar-refractivity contribution in [2.75, 3.05) is 25.5 Å². The van der Waals surface area contributed by atoms with Crippen LogP contribution in [0.2, 0.25) is 0 Å². The van der Waals surface area contributed by atoms with Gasteiger partial charge < -0.3 is 45.5 Å². The van der Waals surface area contributed by atoms with Gasteiger partial charge in [0.25, 0.3) is 18.3 Å². The highest BCUT2D eigenvalue weighted by Crippen LogP contribution is 2.25. The van der Waals surface area contributed by atoms with Gasteiger partial charge >= 0.3 is 0 Å². The van der Waals surface area contributed by atoms with E-state index in [4.69, 9.17) is 19.4 Å². The maximum absolute atomic E-state index is 12.8. The van der Waals surface area contributed by atoms with Gasteiger partial charge in [-0.25, -0.2) is 0 Å². The number of rotatable bonds is 17. The van der Waals surface area contributed by atoms with Crippen molar-refractivity contribution < 1.29 is 58.4 Å². The van der Waals surface area contributed by atoms with Gasteiger partial charge in [0.2, 0.25) is 17.7 Å². The fourth-order valence-corrected chi connectivity index (χ4v) is 5.16. The minimum atomic E-state index is -0.907. The van der Waals surface area contributed by atoms with Crippen molar-refractivity contribution in [3.05, 3.63) is 41.5 Å². The Morgan fingerprint density at radius 2 is 1.59 bits per heavy atom. The number of carbonyl (C=O) groups is 7. The average molecular weight is 795 g/mol. The summed E-state index contributed by atoms with van der Waals surface area (Å²) >= 11 is 0. The van der Waals surface area contributed by atoms with Crippen LogP contribution in [0.15, 0.2) is 30.4 Å². The van der Waals surface area contributed by atoms with Gasteiger partial charge in [0.05, 0.1) is 31.5 Å². The van der Waals surface area contributed by atoms with Gasteiger partial charge in [0.1, 0.15) is 18.4 Å². The van der Waals surface area contributed by atoms with Crippen LogP contribution in [0.25, 0.3) is 0 Å². The summed E-state index contributed by atoms with van der Waals surface area (Å²) in [5.41, 5.74) is 2.43. The maximum atomic E-state index is 12.8. The van der Waals surface area contributed by atoms with Gasteiger partial charge in [0.15, 0.2) is 0 Å². The molecule has 2 aliphatic rings. The molecule has 0 saturated carbocycles. The molecule has 1 saturated heterocycles. The fraction of sp³-hybridized carbons (Fsp3) is 0.625. The Kier molecular flexibility index (Phi) is 31.3. The molecule has 318 valence electrons. The molecule has 6 N–H and O–H groups in total. The number of hydrogen-bond donors (Lipinski definition) is 6. The summed E-state index contributed by atoms with van der Waals surface area (Å²) in [6, 6.07) is 4.59. The van der Waals surface area contributed by atoms with Gasteiger partial charge in [-0.3, -0.25) is 33.7 Å². The Hall–Kier alpha value is -4.51. The van der Waals surface area contributed by atoms with E-state index in [1.165, 1.54) is 18.6 Å². The molecule has 1 fully saturated rings. The summed E-state index contributed by atoms with van der Waals surface area (Å²) in [5.74, 6) is -1.90. The third-order valence-electron chi connectivity index (χ3n) is 7.87. The summed E-state index contributed by atoms with van der Waals surface area (Å²) in [4.78, 5) is 79.0. The van der Waals surface area contributed by atoms with E-state index in [9.17, 15) is 39.0 Å². The number of unbranched alkanes of at least 4 members (excludes halogenated alkanes) is 2. The normalized spacial score (nSPS) is 18.5. The van der Waals surface area contributed by atoms with Crippen LogP contribution in [0.1, 0.15) is 111 Å². The highest BCUT2D eigenvalue weighted by molar-refractivity contribution is 6.12. The number of amides is 5. The first-order chi connectivity index (χ1) is 26.7. The van der Waals surface area contributed by atoms with E-state index >= 15 is 0 Å². The standard InChI is InChI=1S/C31H44N4O9.C3H6O.C3H8.C2H6.CH2O2/c1-19(33-27(38)17-32-26(37)7-5-4-6-14-35-28(39)12-13-29(35)40)31(42)34-23-10-8-22(18-43-3)21(15-23)9-11-24-16-25(36)30(41)20(2)44-24;1-2-3-4;1-3-2;1-2;2-1-3/h8,10,12-13,15,19-20,24-25,30,36,41H,4-7,9,11,14,16-18H2,1-3H3,(H,32,37)(H,33,38)(H,34,42);3H,2H2,1H3;3H2,1-2H3;1-2H3;1H,(H,2,3)/t19?,20?,24?,25?,30-;;;;/m1..../s1. The number of carboxylic acid groups (broad SMARTS) is 1. The lowest BCUT2D eigenvalue weighted by molar-refractivity contribution is -0.162. The number of carbonyl (C=O) groups excluding carboxylic acids is 6. The number of nitrogens with one attached hydrogen (secondary N) is 3. The number of aliphatic hydroxyl groups excluding tert-OH is 2. The third-order valence-corrected chi connectivity index (χ3v) is 7.87. The first-order valence-electron chi connectivity index (χ1n) is 19.3. The molecule has 0 radical (unpaired) electrons. The van der Waals surface area contributed by atoms with E-state index in [2.05, 4.69) is 29.8 Å². The van der Waals surface area contributed by atoms with Gasteiger partial charge in [-0.15, -0.1) is 0 Å². The number of anilines is 1. The second-order valence-corrected chi connectivity index (χ2v) is 12.6. The van der Waals surface area contributed by atoms with Crippen molar-refractivity contribution in [3.63, 3.8) is 0 Å². The van der Waals surface area contributed by atoms with Crippen LogP contribution in [0.5, 0.6) is 0 Å². The summed E-state index contributed by atoms with van der Waals surface area (Å²) < 4.78 is 11.2. The molecule has 5 amide bonds. The Morgan fingerprint density at radius 3 is 2.12 bits per heavy atom. The molecule has 0 spiro atoms. The Labute approximate surface area is 331 Å². The highest BCUT2D eigenvalue weighted by atomic mass is 16.5. The predicted octanol–water partition coefficient (Wildman–Crippen LogP) is 3.45. The molecule has 16 nitrogen and oxygen atoms in total. The van der Waals surface area contributed by atoms with Crippen LogP contribution < -0.4 is 16.0 Å². The van der Waals surface area contributed by atoms with E-state index in [1.54, 1.807) is 27.0 Å². The minimum absolute atomic E-state index is 0.194. The lowest BCUT2D eigenvalue weighted by Crippen LogP contribution is -2.46. The molecule has 2 aliphatic heterocycles. The monoisotopic (exact) mass is 794 g/mol. The van der Waals surface area contributed by atoms with E-state index < -0.39 is 36.2 Å². The van der Waals surface area contributed by atoms with E-state index in [0.29, 0.717) is 63.8 Å². The van der Waals surface area contributed by atoms with Crippen LogP contribution in [-0.4, -0.2) is 113 Å². The van der Waals surface area contributed by atoms with Crippen molar-refractivity contribution in [1.82, 2.24) is 15.5 Å². The molecular weight excluding hydrogens is 728 g/mol. The van der Waals surface area contributed by atoms with Crippen LogP contribution in [0.4, 0.5) is 5.69 Å². The molecule has 0 bridgehead atoms. The minimum Gasteiger partial charge on any atom is -0.483 e. The molecule has 2 heterocycles. The molecule has 0 aliphatic carbocycles. The number of aldehydes is 1. The number of hydrogen-bond acceptors (Lipinski definition) is 11. The summed E-state index contributed by atoms with van der Waals surface area (Å²) in [6.45, 7) is 13.5. The van der Waals surface area contributed by atoms with Crippen LogP contribution in [0.3, 0.4) is 0 Å². The van der Waals surface area contributed by atoms with Crippen molar-refractivity contribution >= 4 is 48.0 Å². The third kappa shape index (κ3) is 22.8. The largest absolute Gasteiger partial charge is 0.483 e. The summed E-state index contributed by atoms with van der Waals surface area (Å²) in [6.07, 6.45) is 6.31. The number of aliphatic hydroxyl groups is 2. The first-order valence-corrected chi connectivity index (χ1v) is 19.3. The van der Waals surface area contributed by atoms with Crippen molar-refractivity contribution in [2.45, 2.75) is 143 Å². The van der Waals surface area contributed by atoms with E-state index in [1.807, 2.05) is 32.9 Å². The number of imide groups is 1. The molecule has 4 unspecified atom stereocenters. The zero-order valence-corrected chi connectivity index (χ0v) is 34.4. The molecule has 56 heavy (non-hydrogen) atoms. The van der Waals surface area contributed by atoms with Gasteiger partial charge in [-0.2, -0.15) is 0 Å². The fourth-order valence-electron chi connectivity index (χ4n) is 5.16. The quantitative estimate of drug-likeness (QED) is 0.0756. The predicted molar refractivity (Wildman–Crippen MR) is 212 cm³/mol. The topological polar surface area (TPSA) is 238 Å². The molecular formula is C40H66N4O12. The number of ether oxygens (including phenoxy) is 2. The smallest absolute Gasteiger partial charge is 0.290 e. The zero-order chi connectivity index (χ0) is 43.1. The number of methoxy groups -OCH3 is 1. The van der Waals surface area contributed by atoms with Crippen molar-refractivity contribution in [2.24, 2.45) is 0 Å². The summed E-state index contributed by atoms with van der Waals surface area (Å²) in [5, 5.41) is 34.8. The highest BCUT2D eigenvalue weighted by Gasteiger charge is 2.33. The molecule has 1 aromatic carbocycles. The van der Waals surface area contributed by atoms with Gasteiger partial charge in [-0.05, 0) is 62.8 Å². The second kappa shape index (κ2) is 32.7. The second-order valence-electron chi connectivity index (χ2n) is 12.6. The van der Waals surface area contributed by atoms with Crippen LogP contribution in [0, 0.1) is 0 Å². The average Bonchev–Trinajstić information content (AvgIpc) is 3.49. The lowest BCUT2D eigenvalue weighted by atomic mass is 9.93. The maximum Gasteiger partial charge on any atom is 0.290 e. The first kappa shape index (κ1) is 53.6. The lowest BCUT2D eigenvalue weighted by Gasteiger charge is -2.35. The van der Waals surface area contributed by atoms with E-state index in [-0.39, 0.29) is 43.3 Å². The summed E-state index contributed by atoms with van der Waals surface area (Å²) in [7, 11) is 1.60. The molecule has 16 heteroatoms. The van der Waals surface area contributed by atoms with Crippen molar-refractivity contribution in [3.8, 4) is 0 Å². The number of aryl methyl sites for hydroxylation is 1. The molecule has 3 rings (SSSR count). The van der Waals surface area contributed by atoms with Gasteiger partial charge in [-0.1, -0.05) is 53.5 Å². The number of nitrogens with zero attached hydrogens (tertiary/aromatic N) is 1. The SMILES string of the molecule is CC.CCC.CCC=O.COCc1ccc(NC(=O)C(C)NC(=O)CNC(=O)CCCCCN2C(=O)C=CC2=O)cc1CCC1CC(O)[C@H](O)C(C)O1.O=CO. The Balaban J connectivity index is 0. The number of benzene rings is 1. The molecule has 5 atom stereocenters. The molecule has 1 aromatic rings. The Morgan fingerprint density at radius 1 is 1.00 bits per heavy atom. The van der Waals surface area contributed by atoms with Gasteiger partial charge in [0, 0.05) is 50.8 Å². The van der Waals surface area contributed by atoms with Crippen LogP contribution in [-0.2, 0) is 56.1 Å². The van der Waals surface area contributed by atoms with Crippen LogP contribution >= 0.6 is 0 Å². The zero-order valence-electron chi connectivity index (χ0n) is 34.4. The molecule has 0 aromatic heterocycles.